The van der Waals surface area contributed by atoms with E-state index in [0.29, 0.717) is 52.2 Å². The van der Waals surface area contributed by atoms with Crippen molar-refractivity contribution in [3.8, 4) is 5.75 Å². The van der Waals surface area contributed by atoms with Crippen molar-refractivity contribution in [2.24, 2.45) is 0 Å². The number of ether oxygens (including phenoxy) is 2. The van der Waals surface area contributed by atoms with Gasteiger partial charge in [-0.25, -0.2) is 4.79 Å². The molecule has 9 heteroatoms. The highest BCUT2D eigenvalue weighted by Gasteiger charge is 2.26. The van der Waals surface area contributed by atoms with Gasteiger partial charge in [0.05, 0.1) is 19.6 Å². The molecule has 7 nitrogen and oxygen atoms in total. The maximum Gasteiger partial charge on any atom is 0.387 e. The van der Waals surface area contributed by atoms with Gasteiger partial charge in [0.25, 0.3) is 0 Å². The van der Waals surface area contributed by atoms with Crippen LogP contribution in [-0.4, -0.2) is 73.8 Å². The number of morpholine rings is 1. The normalized spacial score (nSPS) is 18.2. The number of halogens is 2. The summed E-state index contributed by atoms with van der Waals surface area (Å²) in [6.45, 7) is 0.635. The molecule has 0 saturated carbocycles. The van der Waals surface area contributed by atoms with E-state index in [1.165, 1.54) is 12.1 Å². The third-order valence-corrected chi connectivity index (χ3v) is 4.98. The number of benzene rings is 1. The number of hydrogen-bond acceptors (Lipinski definition) is 4. The molecule has 0 unspecified atom stereocenters. The van der Waals surface area contributed by atoms with Crippen molar-refractivity contribution in [2.75, 3.05) is 39.4 Å². The molecule has 0 radical (unpaired) electrons. The Labute approximate surface area is 162 Å². The molecular weight excluding hydrogens is 372 g/mol. The van der Waals surface area contributed by atoms with Crippen LogP contribution in [0.2, 0.25) is 0 Å². The van der Waals surface area contributed by atoms with E-state index in [1.54, 1.807) is 21.9 Å². The van der Waals surface area contributed by atoms with Gasteiger partial charge >= 0.3 is 12.6 Å². The number of hydrogen-bond donors (Lipinski definition) is 1. The van der Waals surface area contributed by atoms with Crippen molar-refractivity contribution >= 4 is 11.9 Å². The van der Waals surface area contributed by atoms with Crippen LogP contribution in [0.4, 0.5) is 13.6 Å². The van der Waals surface area contributed by atoms with Gasteiger partial charge in [0, 0.05) is 32.2 Å². The van der Waals surface area contributed by atoms with E-state index < -0.39 is 6.61 Å². The number of carbonyl (C=O) groups is 2. The Hall–Kier alpha value is -2.42. The highest BCUT2D eigenvalue weighted by Crippen LogP contribution is 2.17. The van der Waals surface area contributed by atoms with E-state index in [2.05, 4.69) is 10.1 Å². The summed E-state index contributed by atoms with van der Waals surface area (Å²) in [4.78, 5) is 28.2. The molecule has 0 bridgehead atoms. The quantitative estimate of drug-likeness (QED) is 0.824. The standard InChI is InChI=1S/C19H25F2N3O4/c20-18(21)28-16-3-1-14(2-4-16)13-17(25)23-7-5-15(6-8-23)22-19(26)24-9-11-27-12-10-24/h1-4,15,18H,5-13H2,(H,22,26). The minimum Gasteiger partial charge on any atom is -0.435 e. The SMILES string of the molecule is O=C(Cc1ccc(OC(F)F)cc1)N1CCC(NC(=O)N2CCOCC2)CC1. The molecule has 1 N–H and O–H groups in total. The number of likely N-dealkylation sites (tertiary alicyclic amines) is 1. The summed E-state index contributed by atoms with van der Waals surface area (Å²) >= 11 is 0. The molecule has 3 rings (SSSR count). The first-order valence-electron chi connectivity index (χ1n) is 9.46. The van der Waals surface area contributed by atoms with Crippen LogP contribution in [0.25, 0.3) is 0 Å². The Bertz CT molecular complexity index is 658. The van der Waals surface area contributed by atoms with Gasteiger partial charge in [-0.15, -0.1) is 0 Å². The summed E-state index contributed by atoms with van der Waals surface area (Å²) in [6.07, 6.45) is 1.63. The van der Waals surface area contributed by atoms with Crippen LogP contribution in [0, 0.1) is 0 Å². The number of amides is 3. The molecule has 2 fully saturated rings. The summed E-state index contributed by atoms with van der Waals surface area (Å²) in [5.74, 6) is 0.0588. The molecule has 2 aliphatic rings. The second-order valence-electron chi connectivity index (χ2n) is 6.90. The first kappa shape index (κ1) is 20.3. The zero-order chi connectivity index (χ0) is 19.9. The predicted octanol–water partition coefficient (Wildman–Crippen LogP) is 1.86. The topological polar surface area (TPSA) is 71.1 Å². The van der Waals surface area contributed by atoms with E-state index in [0.717, 1.165) is 5.56 Å². The second kappa shape index (κ2) is 9.68. The first-order valence-corrected chi connectivity index (χ1v) is 9.46. The maximum absolute atomic E-state index is 12.5. The Balaban J connectivity index is 1.41. The summed E-state index contributed by atoms with van der Waals surface area (Å²) in [7, 11) is 0. The van der Waals surface area contributed by atoms with Crippen LogP contribution in [-0.2, 0) is 16.0 Å². The smallest absolute Gasteiger partial charge is 0.387 e. The lowest BCUT2D eigenvalue weighted by molar-refractivity contribution is -0.131. The van der Waals surface area contributed by atoms with Gasteiger partial charge in [-0.2, -0.15) is 8.78 Å². The van der Waals surface area contributed by atoms with Gasteiger partial charge in [-0.05, 0) is 30.5 Å². The van der Waals surface area contributed by atoms with Crippen LogP contribution < -0.4 is 10.1 Å². The van der Waals surface area contributed by atoms with Gasteiger partial charge in [0.2, 0.25) is 5.91 Å². The molecule has 0 aliphatic carbocycles. The lowest BCUT2D eigenvalue weighted by Gasteiger charge is -2.34. The summed E-state index contributed by atoms with van der Waals surface area (Å²) in [6, 6.07) is 6.09. The van der Waals surface area contributed by atoms with E-state index >= 15 is 0 Å². The number of nitrogens with zero attached hydrogens (tertiary/aromatic N) is 2. The highest BCUT2D eigenvalue weighted by molar-refractivity contribution is 5.79. The third kappa shape index (κ3) is 5.79. The van der Waals surface area contributed by atoms with E-state index in [-0.39, 0.29) is 30.2 Å². The van der Waals surface area contributed by atoms with Gasteiger partial charge in [-0.3, -0.25) is 4.79 Å². The molecule has 1 aromatic rings. The minimum atomic E-state index is -2.86. The van der Waals surface area contributed by atoms with Crippen molar-refractivity contribution in [3.05, 3.63) is 29.8 Å². The Morgan fingerprint density at radius 3 is 2.32 bits per heavy atom. The number of urea groups is 1. The Kier molecular flexibility index (Phi) is 7.02. The molecule has 2 saturated heterocycles. The number of nitrogens with one attached hydrogen (secondary N) is 1. The van der Waals surface area contributed by atoms with Crippen molar-refractivity contribution in [1.29, 1.82) is 0 Å². The largest absolute Gasteiger partial charge is 0.435 e. The summed E-state index contributed by atoms with van der Waals surface area (Å²) < 4.78 is 33.9. The molecule has 154 valence electrons. The van der Waals surface area contributed by atoms with Crippen molar-refractivity contribution in [3.63, 3.8) is 0 Å². The zero-order valence-corrected chi connectivity index (χ0v) is 15.6. The van der Waals surface area contributed by atoms with E-state index in [1.807, 2.05) is 0 Å². The summed E-state index contributed by atoms with van der Waals surface area (Å²) in [5, 5.41) is 3.04. The van der Waals surface area contributed by atoms with Crippen molar-refractivity contribution in [2.45, 2.75) is 31.9 Å². The van der Waals surface area contributed by atoms with E-state index in [9.17, 15) is 18.4 Å². The number of rotatable bonds is 5. The van der Waals surface area contributed by atoms with Crippen molar-refractivity contribution < 1.29 is 27.8 Å². The Morgan fingerprint density at radius 2 is 1.71 bits per heavy atom. The highest BCUT2D eigenvalue weighted by atomic mass is 19.3. The van der Waals surface area contributed by atoms with Gasteiger partial charge in [-0.1, -0.05) is 12.1 Å². The van der Waals surface area contributed by atoms with Crippen LogP contribution in [0.1, 0.15) is 18.4 Å². The van der Waals surface area contributed by atoms with E-state index in [4.69, 9.17) is 4.74 Å². The Morgan fingerprint density at radius 1 is 1.07 bits per heavy atom. The third-order valence-electron chi connectivity index (χ3n) is 4.98. The fourth-order valence-corrected chi connectivity index (χ4v) is 3.38. The predicted molar refractivity (Wildman–Crippen MR) is 97.3 cm³/mol. The molecule has 2 aliphatic heterocycles. The molecule has 0 aromatic heterocycles. The van der Waals surface area contributed by atoms with Gasteiger partial charge in [0.15, 0.2) is 0 Å². The second-order valence-corrected chi connectivity index (χ2v) is 6.90. The van der Waals surface area contributed by atoms with Crippen molar-refractivity contribution in [1.82, 2.24) is 15.1 Å². The number of alkyl halides is 2. The maximum atomic E-state index is 12.5. The van der Waals surface area contributed by atoms with Crippen LogP contribution >= 0.6 is 0 Å². The fraction of sp³-hybridized carbons (Fsp3) is 0.579. The molecular formula is C19H25F2N3O4. The fourth-order valence-electron chi connectivity index (χ4n) is 3.38. The molecule has 0 atom stereocenters. The van der Waals surface area contributed by atoms with Crippen LogP contribution in [0.5, 0.6) is 5.75 Å². The number of carbonyl (C=O) groups excluding carboxylic acids is 2. The summed E-state index contributed by atoms with van der Waals surface area (Å²) in [5.41, 5.74) is 0.745. The number of piperidine rings is 1. The average Bonchev–Trinajstić information content (AvgIpc) is 2.70. The van der Waals surface area contributed by atoms with Crippen LogP contribution in [0.15, 0.2) is 24.3 Å². The monoisotopic (exact) mass is 397 g/mol. The van der Waals surface area contributed by atoms with Gasteiger partial charge in [0.1, 0.15) is 5.75 Å². The molecule has 28 heavy (non-hydrogen) atoms. The molecule has 0 spiro atoms. The lowest BCUT2D eigenvalue weighted by atomic mass is 10.0. The van der Waals surface area contributed by atoms with Crippen LogP contribution in [0.3, 0.4) is 0 Å². The first-order chi connectivity index (χ1) is 13.5. The van der Waals surface area contributed by atoms with Gasteiger partial charge < -0.3 is 24.6 Å². The average molecular weight is 397 g/mol. The molecule has 1 aromatic carbocycles. The minimum absolute atomic E-state index is 0.0134. The molecule has 2 heterocycles. The zero-order valence-electron chi connectivity index (χ0n) is 15.6. The molecule has 3 amide bonds. The lowest BCUT2D eigenvalue weighted by Crippen LogP contribution is -2.52.